The van der Waals surface area contributed by atoms with E-state index in [2.05, 4.69) is 21.2 Å². The Labute approximate surface area is 128 Å². The third kappa shape index (κ3) is 4.06. The van der Waals surface area contributed by atoms with E-state index in [4.69, 9.17) is 0 Å². The minimum atomic E-state index is -1.04. The van der Waals surface area contributed by atoms with Gasteiger partial charge in [-0.15, -0.1) is 0 Å². The largest absolute Gasteiger partial charge is 0.384 e. The van der Waals surface area contributed by atoms with E-state index in [9.17, 15) is 9.90 Å². The van der Waals surface area contributed by atoms with Crippen LogP contribution in [0.3, 0.4) is 0 Å². The molecule has 0 aromatic heterocycles. The van der Waals surface area contributed by atoms with Gasteiger partial charge in [0.25, 0.3) is 0 Å². The smallest absolute Gasteiger partial charge is 0.223 e. The average molecular weight is 340 g/mol. The van der Waals surface area contributed by atoms with Gasteiger partial charge in [-0.3, -0.25) is 4.79 Å². The highest BCUT2D eigenvalue weighted by atomic mass is 79.9. The quantitative estimate of drug-likeness (QED) is 0.883. The summed E-state index contributed by atoms with van der Waals surface area (Å²) in [6.45, 7) is 1.99. The minimum absolute atomic E-state index is 0.0853. The first-order valence-corrected chi connectivity index (χ1v) is 8.04. The molecule has 0 heterocycles. The van der Waals surface area contributed by atoms with Gasteiger partial charge in [0.2, 0.25) is 5.91 Å². The minimum Gasteiger partial charge on any atom is -0.384 e. The summed E-state index contributed by atoms with van der Waals surface area (Å²) in [5.41, 5.74) is -0.227. The van der Waals surface area contributed by atoms with Crippen LogP contribution in [-0.4, -0.2) is 17.6 Å². The molecular formula is C16H22BrNO2. The second-order valence-electron chi connectivity index (χ2n) is 5.83. The van der Waals surface area contributed by atoms with Gasteiger partial charge in [0.05, 0.1) is 6.54 Å². The Morgan fingerprint density at radius 2 is 1.90 bits per heavy atom. The number of carbonyl (C=O) groups excluding carboxylic acids is 1. The SMILES string of the molecule is CC(O)(CNC(=O)C1CCCCC1)c1ccc(Br)cc1. The molecule has 110 valence electrons. The van der Waals surface area contributed by atoms with Crippen molar-refractivity contribution in [2.24, 2.45) is 5.92 Å². The third-order valence-electron chi connectivity index (χ3n) is 4.05. The number of hydrogen-bond donors (Lipinski definition) is 2. The van der Waals surface area contributed by atoms with E-state index in [-0.39, 0.29) is 18.4 Å². The molecule has 2 N–H and O–H groups in total. The zero-order valence-corrected chi connectivity index (χ0v) is 13.4. The number of nitrogens with one attached hydrogen (secondary N) is 1. The number of carbonyl (C=O) groups is 1. The topological polar surface area (TPSA) is 49.3 Å². The fourth-order valence-corrected chi connectivity index (χ4v) is 2.94. The number of halogens is 1. The second-order valence-corrected chi connectivity index (χ2v) is 6.75. The van der Waals surface area contributed by atoms with Gasteiger partial charge in [0.1, 0.15) is 5.60 Å². The predicted molar refractivity (Wildman–Crippen MR) is 83.3 cm³/mol. The summed E-state index contributed by atoms with van der Waals surface area (Å²) in [5.74, 6) is 0.214. The van der Waals surface area contributed by atoms with Crippen molar-refractivity contribution in [3.63, 3.8) is 0 Å². The van der Waals surface area contributed by atoms with E-state index < -0.39 is 5.60 Å². The van der Waals surface area contributed by atoms with E-state index in [1.807, 2.05) is 24.3 Å². The molecular weight excluding hydrogens is 318 g/mol. The van der Waals surface area contributed by atoms with Crippen LogP contribution >= 0.6 is 15.9 Å². The van der Waals surface area contributed by atoms with Gasteiger partial charge in [-0.25, -0.2) is 0 Å². The molecule has 1 aromatic rings. The van der Waals surface area contributed by atoms with Crippen molar-refractivity contribution >= 4 is 21.8 Å². The molecule has 1 aliphatic carbocycles. The number of hydrogen-bond acceptors (Lipinski definition) is 2. The average Bonchev–Trinajstić information content (AvgIpc) is 2.46. The summed E-state index contributed by atoms with van der Waals surface area (Å²) in [7, 11) is 0. The lowest BCUT2D eigenvalue weighted by Gasteiger charge is -2.27. The van der Waals surface area contributed by atoms with Crippen LogP contribution in [0, 0.1) is 5.92 Å². The van der Waals surface area contributed by atoms with Gasteiger partial charge in [-0.05, 0) is 37.5 Å². The number of amides is 1. The Morgan fingerprint density at radius 3 is 2.50 bits per heavy atom. The zero-order valence-electron chi connectivity index (χ0n) is 11.9. The molecule has 0 aliphatic heterocycles. The van der Waals surface area contributed by atoms with Gasteiger partial charge >= 0.3 is 0 Å². The van der Waals surface area contributed by atoms with Crippen molar-refractivity contribution in [2.45, 2.75) is 44.6 Å². The molecule has 0 bridgehead atoms. The Morgan fingerprint density at radius 1 is 1.30 bits per heavy atom. The number of benzene rings is 1. The summed E-state index contributed by atoms with van der Waals surface area (Å²) in [4.78, 5) is 12.1. The fraction of sp³-hybridized carbons (Fsp3) is 0.562. The summed E-state index contributed by atoms with van der Waals surface area (Å²) in [6.07, 6.45) is 5.47. The molecule has 1 atom stereocenters. The van der Waals surface area contributed by atoms with Crippen molar-refractivity contribution in [1.82, 2.24) is 5.32 Å². The molecule has 0 spiro atoms. The molecule has 1 fully saturated rings. The first kappa shape index (κ1) is 15.5. The zero-order chi connectivity index (χ0) is 14.6. The highest BCUT2D eigenvalue weighted by Crippen LogP contribution is 2.25. The van der Waals surface area contributed by atoms with Crippen molar-refractivity contribution < 1.29 is 9.90 Å². The molecule has 0 radical (unpaired) electrons. The molecule has 1 aliphatic rings. The van der Waals surface area contributed by atoms with Crippen LogP contribution in [0.1, 0.15) is 44.6 Å². The summed E-state index contributed by atoms with van der Waals surface area (Å²) in [6, 6.07) is 7.53. The second kappa shape index (κ2) is 6.72. The van der Waals surface area contributed by atoms with Crippen LogP contribution in [0.25, 0.3) is 0 Å². The molecule has 2 rings (SSSR count). The molecule has 1 amide bonds. The lowest BCUT2D eigenvalue weighted by atomic mass is 9.88. The number of aliphatic hydroxyl groups is 1. The van der Waals surface area contributed by atoms with E-state index in [0.717, 1.165) is 35.7 Å². The molecule has 0 saturated heterocycles. The standard InChI is InChI=1S/C16H22BrNO2/c1-16(20,13-7-9-14(17)10-8-13)11-18-15(19)12-5-3-2-4-6-12/h7-10,12,20H,2-6,11H2,1H3,(H,18,19). The summed E-state index contributed by atoms with van der Waals surface area (Å²) >= 11 is 3.38. The first-order chi connectivity index (χ1) is 9.49. The maximum absolute atomic E-state index is 12.1. The van der Waals surface area contributed by atoms with Gasteiger partial charge < -0.3 is 10.4 Å². The van der Waals surface area contributed by atoms with Crippen molar-refractivity contribution in [1.29, 1.82) is 0 Å². The van der Waals surface area contributed by atoms with Crippen LogP contribution < -0.4 is 5.32 Å². The van der Waals surface area contributed by atoms with Crippen molar-refractivity contribution in [2.75, 3.05) is 6.54 Å². The highest BCUT2D eigenvalue weighted by Gasteiger charge is 2.26. The van der Waals surface area contributed by atoms with Crippen LogP contribution in [0.5, 0.6) is 0 Å². The number of rotatable bonds is 4. The highest BCUT2D eigenvalue weighted by molar-refractivity contribution is 9.10. The molecule has 20 heavy (non-hydrogen) atoms. The normalized spacial score (nSPS) is 19.4. The van der Waals surface area contributed by atoms with E-state index in [1.165, 1.54) is 6.42 Å². The summed E-state index contributed by atoms with van der Waals surface area (Å²) in [5, 5.41) is 13.4. The Hall–Kier alpha value is -0.870. The molecule has 1 unspecified atom stereocenters. The third-order valence-corrected chi connectivity index (χ3v) is 4.58. The van der Waals surface area contributed by atoms with Crippen LogP contribution in [-0.2, 0) is 10.4 Å². The van der Waals surface area contributed by atoms with Crippen LogP contribution in [0.2, 0.25) is 0 Å². The first-order valence-electron chi connectivity index (χ1n) is 7.25. The Bertz CT molecular complexity index is 450. The Kier molecular flexibility index (Phi) is 5.22. The maximum atomic E-state index is 12.1. The van der Waals surface area contributed by atoms with Gasteiger partial charge in [-0.2, -0.15) is 0 Å². The van der Waals surface area contributed by atoms with Crippen molar-refractivity contribution in [3.8, 4) is 0 Å². The van der Waals surface area contributed by atoms with E-state index in [1.54, 1.807) is 6.92 Å². The lowest BCUT2D eigenvalue weighted by molar-refractivity contribution is -0.127. The molecule has 1 saturated carbocycles. The van der Waals surface area contributed by atoms with Crippen LogP contribution in [0.4, 0.5) is 0 Å². The molecule has 4 heteroatoms. The Balaban J connectivity index is 1.91. The fourth-order valence-electron chi connectivity index (χ4n) is 2.68. The van der Waals surface area contributed by atoms with Crippen LogP contribution in [0.15, 0.2) is 28.7 Å². The molecule has 1 aromatic carbocycles. The van der Waals surface area contributed by atoms with Gasteiger partial charge in [0, 0.05) is 10.4 Å². The van der Waals surface area contributed by atoms with E-state index in [0.29, 0.717) is 0 Å². The monoisotopic (exact) mass is 339 g/mol. The summed E-state index contributed by atoms with van der Waals surface area (Å²) < 4.78 is 0.975. The van der Waals surface area contributed by atoms with E-state index >= 15 is 0 Å². The van der Waals surface area contributed by atoms with Gasteiger partial charge in [-0.1, -0.05) is 47.3 Å². The lowest BCUT2D eigenvalue weighted by Crippen LogP contribution is -2.41. The van der Waals surface area contributed by atoms with Crippen molar-refractivity contribution in [3.05, 3.63) is 34.3 Å². The molecule has 3 nitrogen and oxygen atoms in total. The maximum Gasteiger partial charge on any atom is 0.223 e. The predicted octanol–water partition coefficient (Wildman–Crippen LogP) is 3.35. The van der Waals surface area contributed by atoms with Gasteiger partial charge in [0.15, 0.2) is 0 Å².